The van der Waals surface area contributed by atoms with Crippen molar-refractivity contribution in [1.82, 2.24) is 4.90 Å². The van der Waals surface area contributed by atoms with Crippen molar-refractivity contribution in [3.63, 3.8) is 0 Å². The van der Waals surface area contributed by atoms with Crippen LogP contribution in [0, 0.1) is 0 Å². The van der Waals surface area contributed by atoms with E-state index in [0.29, 0.717) is 6.54 Å². The molecule has 0 aliphatic heterocycles. The van der Waals surface area contributed by atoms with Gasteiger partial charge < -0.3 is 15.7 Å². The van der Waals surface area contributed by atoms with Crippen LogP contribution in [-0.4, -0.2) is 35.1 Å². The van der Waals surface area contributed by atoms with Crippen LogP contribution in [0.1, 0.15) is 37.3 Å². The van der Waals surface area contributed by atoms with E-state index in [9.17, 15) is 9.90 Å². The third-order valence-corrected chi connectivity index (χ3v) is 3.87. The van der Waals surface area contributed by atoms with Gasteiger partial charge in [0.05, 0.1) is 5.60 Å². The number of hydrogen-bond acceptors (Lipinski definition) is 3. The second kappa shape index (κ2) is 5.72. The minimum absolute atomic E-state index is 0.147. The first-order chi connectivity index (χ1) is 9.02. The SMILES string of the molecule is CN(CC1(O)CCCC1)C(=O)C(N)c1ccccc1. The van der Waals surface area contributed by atoms with Gasteiger partial charge in [-0.3, -0.25) is 4.79 Å². The summed E-state index contributed by atoms with van der Waals surface area (Å²) in [6, 6.07) is 8.67. The van der Waals surface area contributed by atoms with E-state index >= 15 is 0 Å². The fourth-order valence-corrected chi connectivity index (χ4v) is 2.75. The summed E-state index contributed by atoms with van der Waals surface area (Å²) >= 11 is 0. The third kappa shape index (κ3) is 3.33. The number of benzene rings is 1. The lowest BCUT2D eigenvalue weighted by atomic mass is 10.0. The summed E-state index contributed by atoms with van der Waals surface area (Å²) in [5.41, 5.74) is 6.07. The van der Waals surface area contributed by atoms with Crippen molar-refractivity contribution in [2.24, 2.45) is 5.73 Å². The Morgan fingerprint density at radius 2 is 1.95 bits per heavy atom. The maximum Gasteiger partial charge on any atom is 0.243 e. The molecule has 4 heteroatoms. The molecule has 1 aliphatic carbocycles. The van der Waals surface area contributed by atoms with Crippen molar-refractivity contribution >= 4 is 5.91 Å². The molecule has 19 heavy (non-hydrogen) atoms. The molecule has 0 aromatic heterocycles. The van der Waals surface area contributed by atoms with Gasteiger partial charge in [0.1, 0.15) is 6.04 Å². The van der Waals surface area contributed by atoms with Crippen molar-refractivity contribution in [1.29, 1.82) is 0 Å². The average molecular weight is 262 g/mol. The fraction of sp³-hybridized carbons (Fsp3) is 0.533. The smallest absolute Gasteiger partial charge is 0.243 e. The lowest BCUT2D eigenvalue weighted by Gasteiger charge is -2.30. The van der Waals surface area contributed by atoms with Gasteiger partial charge in [0, 0.05) is 13.6 Å². The van der Waals surface area contributed by atoms with Crippen LogP contribution >= 0.6 is 0 Å². The van der Waals surface area contributed by atoms with Crippen LogP contribution in [0.2, 0.25) is 0 Å². The summed E-state index contributed by atoms with van der Waals surface area (Å²) < 4.78 is 0. The fourth-order valence-electron chi connectivity index (χ4n) is 2.75. The Balaban J connectivity index is 1.99. The monoisotopic (exact) mass is 262 g/mol. The molecule has 0 saturated heterocycles. The first-order valence-corrected chi connectivity index (χ1v) is 6.80. The van der Waals surface area contributed by atoms with Crippen LogP contribution in [-0.2, 0) is 4.79 Å². The highest BCUT2D eigenvalue weighted by Gasteiger charge is 2.34. The highest BCUT2D eigenvalue weighted by Crippen LogP contribution is 2.30. The van der Waals surface area contributed by atoms with Crippen molar-refractivity contribution in [3.05, 3.63) is 35.9 Å². The lowest BCUT2D eigenvalue weighted by Crippen LogP contribution is -2.45. The van der Waals surface area contributed by atoms with Gasteiger partial charge in [-0.15, -0.1) is 0 Å². The van der Waals surface area contributed by atoms with Gasteiger partial charge in [0.2, 0.25) is 5.91 Å². The van der Waals surface area contributed by atoms with E-state index in [0.717, 1.165) is 31.2 Å². The topological polar surface area (TPSA) is 66.6 Å². The summed E-state index contributed by atoms with van der Waals surface area (Å²) in [4.78, 5) is 13.8. The van der Waals surface area contributed by atoms with Crippen LogP contribution in [0.5, 0.6) is 0 Å². The summed E-state index contributed by atoms with van der Waals surface area (Å²) in [6.07, 6.45) is 3.60. The normalized spacial score (nSPS) is 19.1. The minimum atomic E-state index is -0.721. The molecule has 0 bridgehead atoms. The molecule has 1 amide bonds. The van der Waals surface area contributed by atoms with E-state index in [-0.39, 0.29) is 5.91 Å². The summed E-state index contributed by atoms with van der Waals surface area (Å²) in [6.45, 7) is 0.367. The number of carbonyl (C=O) groups excluding carboxylic acids is 1. The van der Waals surface area contributed by atoms with Gasteiger partial charge in [-0.2, -0.15) is 0 Å². The molecule has 1 saturated carbocycles. The van der Waals surface area contributed by atoms with Crippen LogP contribution in [0.15, 0.2) is 30.3 Å². The predicted molar refractivity (Wildman–Crippen MR) is 74.4 cm³/mol. The lowest BCUT2D eigenvalue weighted by molar-refractivity contribution is -0.134. The molecule has 1 unspecified atom stereocenters. The number of carbonyl (C=O) groups is 1. The minimum Gasteiger partial charge on any atom is -0.388 e. The van der Waals surface area contributed by atoms with Crippen LogP contribution < -0.4 is 5.73 Å². The number of hydrogen-bond donors (Lipinski definition) is 2. The zero-order valence-corrected chi connectivity index (χ0v) is 11.4. The third-order valence-electron chi connectivity index (χ3n) is 3.87. The first-order valence-electron chi connectivity index (χ1n) is 6.80. The highest BCUT2D eigenvalue weighted by atomic mass is 16.3. The van der Waals surface area contributed by atoms with Crippen LogP contribution in [0.25, 0.3) is 0 Å². The zero-order valence-electron chi connectivity index (χ0n) is 11.4. The van der Waals surface area contributed by atoms with Gasteiger partial charge in [0.15, 0.2) is 0 Å². The van der Waals surface area contributed by atoms with Gasteiger partial charge >= 0.3 is 0 Å². The Bertz CT molecular complexity index is 427. The molecule has 0 heterocycles. The van der Waals surface area contributed by atoms with E-state index in [1.54, 1.807) is 11.9 Å². The number of likely N-dealkylation sites (N-methyl/N-ethyl adjacent to an activating group) is 1. The Morgan fingerprint density at radius 3 is 2.53 bits per heavy atom. The Labute approximate surface area is 114 Å². The maximum atomic E-state index is 12.3. The molecule has 1 fully saturated rings. The molecule has 0 spiro atoms. The van der Waals surface area contributed by atoms with Gasteiger partial charge in [-0.1, -0.05) is 43.2 Å². The molecule has 0 radical (unpaired) electrons. The largest absolute Gasteiger partial charge is 0.388 e. The summed E-state index contributed by atoms with van der Waals surface area (Å²) in [5, 5.41) is 10.3. The van der Waals surface area contributed by atoms with E-state index in [2.05, 4.69) is 0 Å². The number of nitrogens with two attached hydrogens (primary N) is 1. The molecule has 4 nitrogen and oxygen atoms in total. The Hall–Kier alpha value is -1.39. The molecular formula is C15H22N2O2. The zero-order chi connectivity index (χ0) is 13.9. The van der Waals surface area contributed by atoms with E-state index in [1.807, 2.05) is 30.3 Å². The molecule has 1 aromatic rings. The number of aliphatic hydroxyl groups is 1. The van der Waals surface area contributed by atoms with Crippen molar-refractivity contribution < 1.29 is 9.90 Å². The highest BCUT2D eigenvalue weighted by molar-refractivity contribution is 5.82. The standard InChI is InChI=1S/C15H22N2O2/c1-17(11-15(19)9-5-6-10-15)14(18)13(16)12-7-3-2-4-8-12/h2-4,7-8,13,19H,5-6,9-11,16H2,1H3. The van der Waals surface area contributed by atoms with Gasteiger partial charge in [-0.05, 0) is 18.4 Å². The second-order valence-electron chi connectivity index (χ2n) is 5.51. The van der Waals surface area contributed by atoms with Crippen LogP contribution in [0.3, 0.4) is 0 Å². The van der Waals surface area contributed by atoms with E-state index in [1.165, 1.54) is 0 Å². The van der Waals surface area contributed by atoms with Gasteiger partial charge in [-0.25, -0.2) is 0 Å². The van der Waals surface area contributed by atoms with E-state index < -0.39 is 11.6 Å². The predicted octanol–water partition coefficient (Wildman–Crippen LogP) is 1.45. The number of rotatable bonds is 4. The maximum absolute atomic E-state index is 12.3. The van der Waals surface area contributed by atoms with Crippen molar-refractivity contribution in [2.45, 2.75) is 37.3 Å². The van der Waals surface area contributed by atoms with Gasteiger partial charge in [0.25, 0.3) is 0 Å². The Morgan fingerprint density at radius 1 is 1.37 bits per heavy atom. The molecule has 3 N–H and O–H groups in total. The molecule has 1 aliphatic rings. The second-order valence-corrected chi connectivity index (χ2v) is 5.51. The van der Waals surface area contributed by atoms with Crippen molar-refractivity contribution in [3.8, 4) is 0 Å². The first kappa shape index (κ1) is 14.0. The summed E-state index contributed by atoms with van der Waals surface area (Å²) in [7, 11) is 1.71. The average Bonchev–Trinajstić information content (AvgIpc) is 2.84. The number of nitrogens with zero attached hydrogens (tertiary/aromatic N) is 1. The molecule has 104 valence electrons. The quantitative estimate of drug-likeness (QED) is 0.863. The summed E-state index contributed by atoms with van der Waals surface area (Å²) in [5.74, 6) is -0.147. The van der Waals surface area contributed by atoms with Crippen molar-refractivity contribution in [2.75, 3.05) is 13.6 Å². The van der Waals surface area contributed by atoms with E-state index in [4.69, 9.17) is 5.73 Å². The molecule has 2 rings (SSSR count). The molecule has 1 atom stereocenters. The number of amides is 1. The molecular weight excluding hydrogens is 240 g/mol. The van der Waals surface area contributed by atoms with Crippen LogP contribution in [0.4, 0.5) is 0 Å². The molecule has 1 aromatic carbocycles. The Kier molecular flexibility index (Phi) is 4.22.